The standard InChI is InChI=1S/C52H30N4O/c1-2-14-33-30-47-45(28-32(33)13-1)48-43(22-11-23-46(48)57-47)52-55-50(34-24-25-40-38-18-6-5-16-36(38)37-17-7-8-19-39(37)44(40)29-34)54-51(56-52)42-21-10-9-20-41(42)49-35-15-4-3-12-31(35)26-27-53-49/h1-30H. The average Bonchev–Trinajstić information content (AvgIpc) is 3.65. The molecule has 0 bridgehead atoms. The third-order valence-electron chi connectivity index (χ3n) is 11.3. The number of furan rings is 1. The summed E-state index contributed by atoms with van der Waals surface area (Å²) >= 11 is 0. The molecule has 0 atom stereocenters. The molecule has 57 heavy (non-hydrogen) atoms. The third kappa shape index (κ3) is 4.96. The van der Waals surface area contributed by atoms with Crippen LogP contribution < -0.4 is 0 Å². The third-order valence-corrected chi connectivity index (χ3v) is 11.3. The van der Waals surface area contributed by atoms with Gasteiger partial charge in [0.2, 0.25) is 0 Å². The van der Waals surface area contributed by atoms with Gasteiger partial charge in [-0.15, -0.1) is 0 Å². The average molecular weight is 727 g/mol. The van der Waals surface area contributed by atoms with Gasteiger partial charge >= 0.3 is 0 Å². The quantitative estimate of drug-likeness (QED) is 0.169. The number of hydrogen-bond donors (Lipinski definition) is 0. The Kier molecular flexibility index (Phi) is 6.86. The van der Waals surface area contributed by atoms with Crippen LogP contribution in [-0.2, 0) is 0 Å². The highest BCUT2D eigenvalue weighted by atomic mass is 16.3. The highest BCUT2D eigenvalue weighted by Gasteiger charge is 2.21. The van der Waals surface area contributed by atoms with Gasteiger partial charge in [-0.05, 0) is 78.8 Å². The van der Waals surface area contributed by atoms with Crippen molar-refractivity contribution in [1.82, 2.24) is 19.9 Å². The van der Waals surface area contributed by atoms with Gasteiger partial charge in [-0.3, -0.25) is 4.98 Å². The summed E-state index contributed by atoms with van der Waals surface area (Å²) < 4.78 is 6.52. The largest absolute Gasteiger partial charge is 0.456 e. The second-order valence-corrected chi connectivity index (χ2v) is 14.6. The zero-order chi connectivity index (χ0) is 37.5. The molecule has 9 aromatic carbocycles. The minimum Gasteiger partial charge on any atom is -0.456 e. The van der Waals surface area contributed by atoms with Gasteiger partial charge < -0.3 is 4.42 Å². The number of fused-ring (bicyclic) bond motifs is 11. The molecule has 0 spiro atoms. The normalized spacial score (nSPS) is 11.9. The molecule has 12 aromatic rings. The zero-order valence-electron chi connectivity index (χ0n) is 30.5. The van der Waals surface area contributed by atoms with Crippen molar-refractivity contribution in [2.45, 2.75) is 0 Å². The van der Waals surface area contributed by atoms with Crippen molar-refractivity contribution in [1.29, 1.82) is 0 Å². The molecular formula is C52H30N4O. The van der Waals surface area contributed by atoms with Crippen LogP contribution in [0.5, 0.6) is 0 Å². The van der Waals surface area contributed by atoms with Crippen LogP contribution in [0.2, 0.25) is 0 Å². The highest BCUT2D eigenvalue weighted by molar-refractivity contribution is 6.25. The van der Waals surface area contributed by atoms with Crippen molar-refractivity contribution >= 4 is 75.8 Å². The number of nitrogens with zero attached hydrogens (tertiary/aromatic N) is 4. The van der Waals surface area contributed by atoms with Gasteiger partial charge in [0.15, 0.2) is 17.5 Å². The van der Waals surface area contributed by atoms with Gasteiger partial charge in [-0.1, -0.05) is 146 Å². The van der Waals surface area contributed by atoms with Gasteiger partial charge in [0.1, 0.15) is 11.2 Å². The van der Waals surface area contributed by atoms with E-state index in [1.54, 1.807) is 0 Å². The molecular weight excluding hydrogens is 697 g/mol. The zero-order valence-corrected chi connectivity index (χ0v) is 30.5. The molecule has 0 saturated carbocycles. The van der Waals surface area contributed by atoms with Crippen LogP contribution in [0.3, 0.4) is 0 Å². The predicted octanol–water partition coefficient (Wildman–Crippen LogP) is 13.6. The Labute approximate surface area is 326 Å². The van der Waals surface area contributed by atoms with Crippen molar-refractivity contribution in [2.75, 3.05) is 0 Å². The van der Waals surface area contributed by atoms with E-state index in [2.05, 4.69) is 146 Å². The summed E-state index contributed by atoms with van der Waals surface area (Å²) in [6.07, 6.45) is 1.87. The van der Waals surface area contributed by atoms with Gasteiger partial charge in [0, 0.05) is 44.6 Å². The van der Waals surface area contributed by atoms with Crippen LogP contribution in [0, 0.1) is 0 Å². The molecule has 0 radical (unpaired) electrons. The maximum atomic E-state index is 6.52. The van der Waals surface area contributed by atoms with E-state index in [1.807, 2.05) is 36.5 Å². The molecule has 5 nitrogen and oxygen atoms in total. The number of rotatable bonds is 4. The van der Waals surface area contributed by atoms with E-state index in [0.717, 1.165) is 76.8 Å². The van der Waals surface area contributed by atoms with Crippen LogP contribution >= 0.6 is 0 Å². The summed E-state index contributed by atoms with van der Waals surface area (Å²) in [5.74, 6) is 1.73. The summed E-state index contributed by atoms with van der Waals surface area (Å²) in [4.78, 5) is 20.9. The number of pyridine rings is 1. The monoisotopic (exact) mass is 726 g/mol. The van der Waals surface area contributed by atoms with E-state index in [-0.39, 0.29) is 0 Å². The van der Waals surface area contributed by atoms with Crippen LogP contribution in [-0.4, -0.2) is 19.9 Å². The second kappa shape index (κ2) is 12.4. The Morgan fingerprint density at radius 1 is 0.333 bits per heavy atom. The second-order valence-electron chi connectivity index (χ2n) is 14.6. The summed E-state index contributed by atoms with van der Waals surface area (Å²) in [5, 5.41) is 13.7. The van der Waals surface area contributed by atoms with E-state index >= 15 is 0 Å². The smallest absolute Gasteiger partial charge is 0.164 e. The Bertz CT molecular complexity index is 3570. The Morgan fingerprint density at radius 3 is 1.65 bits per heavy atom. The lowest BCUT2D eigenvalue weighted by Gasteiger charge is -2.14. The molecule has 0 aliphatic heterocycles. The van der Waals surface area contributed by atoms with Crippen molar-refractivity contribution in [2.24, 2.45) is 0 Å². The van der Waals surface area contributed by atoms with Gasteiger partial charge in [-0.2, -0.15) is 0 Å². The minimum absolute atomic E-state index is 0.569. The number of aromatic nitrogens is 4. The Hall–Kier alpha value is -7.76. The molecule has 12 rings (SSSR count). The fraction of sp³-hybridized carbons (Fsp3) is 0. The maximum absolute atomic E-state index is 6.52. The van der Waals surface area contributed by atoms with E-state index in [0.29, 0.717) is 17.5 Å². The molecule has 0 amide bonds. The number of benzene rings is 9. The summed E-state index contributed by atoms with van der Waals surface area (Å²) in [5.41, 5.74) is 6.10. The molecule has 0 aliphatic rings. The lowest BCUT2D eigenvalue weighted by molar-refractivity contribution is 0.669. The first-order valence-corrected chi connectivity index (χ1v) is 19.1. The van der Waals surface area contributed by atoms with Crippen molar-refractivity contribution in [3.05, 3.63) is 182 Å². The fourth-order valence-corrected chi connectivity index (χ4v) is 8.71. The van der Waals surface area contributed by atoms with Crippen molar-refractivity contribution < 1.29 is 4.42 Å². The lowest BCUT2D eigenvalue weighted by Crippen LogP contribution is -2.02. The van der Waals surface area contributed by atoms with E-state index in [9.17, 15) is 0 Å². The van der Waals surface area contributed by atoms with Crippen LogP contribution in [0.1, 0.15) is 0 Å². The van der Waals surface area contributed by atoms with E-state index < -0.39 is 0 Å². The maximum Gasteiger partial charge on any atom is 0.164 e. The molecule has 0 aliphatic carbocycles. The molecule has 0 unspecified atom stereocenters. The Balaban J connectivity index is 1.15. The molecule has 3 aromatic heterocycles. The van der Waals surface area contributed by atoms with E-state index in [1.165, 1.54) is 26.9 Å². The summed E-state index contributed by atoms with van der Waals surface area (Å²) in [6, 6.07) is 61.4. The molecule has 264 valence electrons. The SMILES string of the molecule is c1ccc(-c2nccc3ccccc23)c(-c2nc(-c3ccc4c5ccccc5c5ccccc5c4c3)nc(-c3cccc4oc5cc6ccccc6cc5c34)n2)c1. The van der Waals surface area contributed by atoms with Crippen LogP contribution in [0.25, 0.3) is 121 Å². The topological polar surface area (TPSA) is 64.7 Å². The van der Waals surface area contributed by atoms with E-state index in [4.69, 9.17) is 24.4 Å². The summed E-state index contributed by atoms with van der Waals surface area (Å²) in [7, 11) is 0. The molecule has 3 heterocycles. The first-order chi connectivity index (χ1) is 28.2. The fourth-order valence-electron chi connectivity index (χ4n) is 8.71. The van der Waals surface area contributed by atoms with Gasteiger partial charge in [0.25, 0.3) is 0 Å². The van der Waals surface area contributed by atoms with Crippen LogP contribution in [0.4, 0.5) is 0 Å². The van der Waals surface area contributed by atoms with Crippen molar-refractivity contribution in [3.63, 3.8) is 0 Å². The Morgan fingerprint density at radius 2 is 0.895 bits per heavy atom. The van der Waals surface area contributed by atoms with Crippen LogP contribution in [0.15, 0.2) is 187 Å². The molecule has 0 saturated heterocycles. The molecule has 5 heteroatoms. The van der Waals surface area contributed by atoms with Crippen molar-refractivity contribution in [3.8, 4) is 45.4 Å². The molecule has 0 fully saturated rings. The number of hydrogen-bond acceptors (Lipinski definition) is 5. The predicted molar refractivity (Wildman–Crippen MR) is 234 cm³/mol. The highest BCUT2D eigenvalue weighted by Crippen LogP contribution is 2.41. The molecule has 0 N–H and O–H groups in total. The van der Waals surface area contributed by atoms with Gasteiger partial charge in [-0.25, -0.2) is 15.0 Å². The summed E-state index contributed by atoms with van der Waals surface area (Å²) in [6.45, 7) is 0. The minimum atomic E-state index is 0.569. The first-order valence-electron chi connectivity index (χ1n) is 19.1. The first kappa shape index (κ1) is 31.6. The lowest BCUT2D eigenvalue weighted by atomic mass is 9.93. The van der Waals surface area contributed by atoms with Gasteiger partial charge in [0.05, 0.1) is 5.69 Å².